The van der Waals surface area contributed by atoms with Crippen molar-refractivity contribution < 1.29 is 4.55 Å². The topological polar surface area (TPSA) is 23.1 Å². The molecule has 0 saturated carbocycles. The Kier molecular flexibility index (Phi) is 3.87. The van der Waals surface area contributed by atoms with Gasteiger partial charge in [-0.05, 0) is 37.2 Å². The van der Waals surface area contributed by atoms with Crippen LogP contribution in [0.2, 0.25) is 0 Å². The average Bonchev–Trinajstić information content (AvgIpc) is 2.20. The summed E-state index contributed by atoms with van der Waals surface area (Å²) < 4.78 is 11.8. The summed E-state index contributed by atoms with van der Waals surface area (Å²) in [6.07, 6.45) is 7.86. The molecule has 74 valence electrons. The lowest BCUT2D eigenvalue weighted by Gasteiger charge is -2.33. The molecule has 2 radical (unpaired) electrons. The van der Waals surface area contributed by atoms with Crippen molar-refractivity contribution in [3.63, 3.8) is 0 Å². The summed E-state index contributed by atoms with van der Waals surface area (Å²) >= 11 is 1.50. The van der Waals surface area contributed by atoms with Crippen LogP contribution >= 0.6 is 11.8 Å². The molecule has 13 heavy (non-hydrogen) atoms. The SMILES string of the molecule is [O-][S+]1CC[C]CC1C1CCSCC1. The quantitative estimate of drug-likeness (QED) is 0.627. The first-order valence-electron chi connectivity index (χ1n) is 5.03. The highest BCUT2D eigenvalue weighted by Crippen LogP contribution is 2.33. The lowest BCUT2D eigenvalue weighted by Crippen LogP contribution is -2.36. The van der Waals surface area contributed by atoms with E-state index in [1.165, 1.54) is 24.3 Å². The molecule has 1 nitrogen and oxygen atoms in total. The summed E-state index contributed by atoms with van der Waals surface area (Å²) in [7, 11) is 0. The molecule has 0 amide bonds. The average molecular weight is 216 g/mol. The Hall–Kier alpha value is 0.660. The summed E-state index contributed by atoms with van der Waals surface area (Å²) in [5.41, 5.74) is 0. The molecule has 2 fully saturated rings. The Labute approximate surface area is 88.2 Å². The second-order valence-electron chi connectivity index (χ2n) is 3.78. The molecule has 0 aliphatic carbocycles. The Morgan fingerprint density at radius 2 is 2.08 bits per heavy atom. The van der Waals surface area contributed by atoms with E-state index in [4.69, 9.17) is 0 Å². The fraction of sp³-hybridized carbons (Fsp3) is 0.900. The van der Waals surface area contributed by atoms with Gasteiger partial charge in [-0.2, -0.15) is 11.8 Å². The summed E-state index contributed by atoms with van der Waals surface area (Å²) in [6, 6.07) is 0. The standard InChI is InChI=1S/C10H16OS2/c11-13-8-2-1-3-10(13)9-4-6-12-7-5-9/h9-10H,2-8H2. The first kappa shape index (κ1) is 10.2. The van der Waals surface area contributed by atoms with Gasteiger partial charge in [0.05, 0.1) is 0 Å². The van der Waals surface area contributed by atoms with E-state index >= 15 is 0 Å². The maximum Gasteiger partial charge on any atom is 0.119 e. The van der Waals surface area contributed by atoms with Gasteiger partial charge in [0.2, 0.25) is 0 Å². The van der Waals surface area contributed by atoms with E-state index in [2.05, 4.69) is 6.42 Å². The van der Waals surface area contributed by atoms with Crippen molar-refractivity contribution in [2.75, 3.05) is 17.3 Å². The van der Waals surface area contributed by atoms with Gasteiger partial charge in [0, 0.05) is 12.3 Å². The minimum atomic E-state index is -0.547. The number of thioether (sulfide) groups is 1. The predicted molar refractivity (Wildman–Crippen MR) is 59.3 cm³/mol. The second kappa shape index (κ2) is 4.94. The van der Waals surface area contributed by atoms with E-state index < -0.39 is 11.2 Å². The van der Waals surface area contributed by atoms with Crippen molar-refractivity contribution >= 4 is 22.9 Å². The molecule has 0 spiro atoms. The summed E-state index contributed by atoms with van der Waals surface area (Å²) in [5, 5.41) is 0.453. The molecule has 2 unspecified atom stereocenters. The first-order chi connectivity index (χ1) is 6.38. The largest absolute Gasteiger partial charge is 0.616 e. The van der Waals surface area contributed by atoms with Crippen molar-refractivity contribution in [2.24, 2.45) is 5.92 Å². The molecule has 0 aromatic rings. The van der Waals surface area contributed by atoms with Crippen molar-refractivity contribution in [2.45, 2.75) is 30.9 Å². The van der Waals surface area contributed by atoms with E-state index in [1.54, 1.807) is 0 Å². The van der Waals surface area contributed by atoms with Crippen molar-refractivity contribution in [3.8, 4) is 0 Å². The van der Waals surface area contributed by atoms with Gasteiger partial charge in [-0.25, -0.2) is 0 Å². The van der Waals surface area contributed by atoms with Crippen LogP contribution in [0.5, 0.6) is 0 Å². The number of hydrogen-bond acceptors (Lipinski definition) is 2. The fourth-order valence-electron chi connectivity index (χ4n) is 2.13. The van der Waals surface area contributed by atoms with Crippen LogP contribution in [0.25, 0.3) is 0 Å². The van der Waals surface area contributed by atoms with Crippen molar-refractivity contribution in [3.05, 3.63) is 6.42 Å². The fourth-order valence-corrected chi connectivity index (χ4v) is 4.93. The van der Waals surface area contributed by atoms with Gasteiger partial charge in [-0.1, -0.05) is 11.2 Å². The molecule has 2 atom stereocenters. The molecule has 3 heteroatoms. The zero-order valence-electron chi connectivity index (χ0n) is 7.83. The monoisotopic (exact) mass is 216 g/mol. The van der Waals surface area contributed by atoms with Crippen LogP contribution in [0.15, 0.2) is 0 Å². The van der Waals surface area contributed by atoms with Gasteiger partial charge in [-0.3, -0.25) is 0 Å². The van der Waals surface area contributed by atoms with Gasteiger partial charge >= 0.3 is 0 Å². The van der Waals surface area contributed by atoms with E-state index in [9.17, 15) is 4.55 Å². The minimum absolute atomic E-state index is 0.453. The van der Waals surface area contributed by atoms with Gasteiger partial charge in [0.25, 0.3) is 0 Å². The molecule has 0 aromatic heterocycles. The third-order valence-electron chi connectivity index (χ3n) is 2.95. The van der Waals surface area contributed by atoms with Crippen LogP contribution in [0, 0.1) is 12.3 Å². The minimum Gasteiger partial charge on any atom is -0.616 e. The van der Waals surface area contributed by atoms with Gasteiger partial charge < -0.3 is 4.55 Å². The van der Waals surface area contributed by atoms with Gasteiger partial charge in [-0.15, -0.1) is 0 Å². The summed E-state index contributed by atoms with van der Waals surface area (Å²) in [6.45, 7) is 0. The van der Waals surface area contributed by atoms with Gasteiger partial charge in [0.15, 0.2) is 0 Å². The lowest BCUT2D eigenvalue weighted by atomic mass is 9.95. The smallest absolute Gasteiger partial charge is 0.119 e. The molecule has 2 heterocycles. The zero-order chi connectivity index (χ0) is 9.10. The lowest BCUT2D eigenvalue weighted by molar-refractivity contribution is 0.431. The molecule has 0 bridgehead atoms. The first-order valence-corrected chi connectivity index (χ1v) is 7.57. The Balaban J connectivity index is 1.88. The highest BCUT2D eigenvalue weighted by Gasteiger charge is 2.34. The summed E-state index contributed by atoms with van der Waals surface area (Å²) in [4.78, 5) is 0. The Morgan fingerprint density at radius 3 is 2.77 bits per heavy atom. The zero-order valence-corrected chi connectivity index (χ0v) is 9.46. The third kappa shape index (κ3) is 2.57. The van der Waals surface area contributed by atoms with Crippen LogP contribution in [0.3, 0.4) is 0 Å². The second-order valence-corrected chi connectivity index (χ2v) is 6.78. The highest BCUT2D eigenvalue weighted by molar-refractivity contribution is 7.99. The molecule has 0 N–H and O–H groups in total. The van der Waals surface area contributed by atoms with Crippen LogP contribution in [0.4, 0.5) is 0 Å². The van der Waals surface area contributed by atoms with E-state index in [0.717, 1.165) is 24.5 Å². The molecular formula is C10H16OS2. The van der Waals surface area contributed by atoms with Crippen LogP contribution in [-0.4, -0.2) is 27.1 Å². The van der Waals surface area contributed by atoms with Crippen molar-refractivity contribution in [1.29, 1.82) is 0 Å². The van der Waals surface area contributed by atoms with Gasteiger partial charge in [0.1, 0.15) is 11.0 Å². The highest BCUT2D eigenvalue weighted by atomic mass is 32.2. The molecular weight excluding hydrogens is 200 g/mol. The predicted octanol–water partition coefficient (Wildman–Crippen LogP) is 2.12. The Morgan fingerprint density at radius 1 is 1.31 bits per heavy atom. The molecule has 2 saturated heterocycles. The van der Waals surface area contributed by atoms with E-state index in [0.29, 0.717) is 5.25 Å². The molecule has 0 aromatic carbocycles. The number of rotatable bonds is 1. The molecule has 2 rings (SSSR count). The third-order valence-corrected chi connectivity index (χ3v) is 5.84. The maximum atomic E-state index is 11.8. The van der Waals surface area contributed by atoms with Crippen LogP contribution in [0.1, 0.15) is 25.7 Å². The van der Waals surface area contributed by atoms with Crippen LogP contribution in [-0.2, 0) is 11.2 Å². The molecule has 2 aliphatic heterocycles. The van der Waals surface area contributed by atoms with E-state index in [1.807, 2.05) is 11.8 Å². The van der Waals surface area contributed by atoms with E-state index in [-0.39, 0.29) is 0 Å². The van der Waals surface area contributed by atoms with Crippen LogP contribution < -0.4 is 0 Å². The molecule has 2 aliphatic rings. The summed E-state index contributed by atoms with van der Waals surface area (Å²) in [5.74, 6) is 4.15. The number of hydrogen-bond donors (Lipinski definition) is 0. The van der Waals surface area contributed by atoms with Crippen molar-refractivity contribution in [1.82, 2.24) is 0 Å². The maximum absolute atomic E-state index is 11.8. The normalized spacial score (nSPS) is 37.6. The Bertz CT molecular complexity index is 157.